The Morgan fingerprint density at radius 2 is 1.48 bits per heavy atom. The molecule has 1 aromatic carbocycles. The molecular formula is C18H29N2P. The van der Waals surface area contributed by atoms with Crippen LogP contribution in [-0.4, -0.2) is 35.5 Å². The van der Waals surface area contributed by atoms with Crippen molar-refractivity contribution < 1.29 is 0 Å². The van der Waals surface area contributed by atoms with Crippen LogP contribution < -0.4 is 0 Å². The van der Waals surface area contributed by atoms with Gasteiger partial charge in [0.05, 0.1) is 8.22 Å². The second-order valence-corrected chi connectivity index (χ2v) is 7.54. The van der Waals surface area contributed by atoms with Gasteiger partial charge in [0.1, 0.15) is 0 Å². The fraction of sp³-hybridized carbons (Fsp3) is 0.556. The van der Waals surface area contributed by atoms with E-state index in [4.69, 9.17) is 0 Å². The van der Waals surface area contributed by atoms with Crippen molar-refractivity contribution >= 4 is 13.5 Å². The lowest BCUT2D eigenvalue weighted by molar-refractivity contribution is 0.430. The summed E-state index contributed by atoms with van der Waals surface area (Å²) >= 11 is 0. The number of nitrogens with zero attached hydrogens (tertiary/aromatic N) is 2. The highest BCUT2D eigenvalue weighted by Gasteiger charge is 2.28. The summed E-state index contributed by atoms with van der Waals surface area (Å²) in [6.45, 7) is 13.7. The zero-order valence-corrected chi connectivity index (χ0v) is 14.9. The Morgan fingerprint density at radius 1 is 0.905 bits per heavy atom. The average Bonchev–Trinajstić information content (AvgIpc) is 2.55. The van der Waals surface area contributed by atoms with Gasteiger partial charge in [0.2, 0.25) is 0 Å². The summed E-state index contributed by atoms with van der Waals surface area (Å²) in [6, 6.07) is 9.00. The Balaban J connectivity index is 2.43. The van der Waals surface area contributed by atoms with Crippen LogP contribution in [0.1, 0.15) is 45.2 Å². The van der Waals surface area contributed by atoms with E-state index in [1.54, 1.807) is 5.31 Å². The van der Waals surface area contributed by atoms with E-state index >= 15 is 0 Å². The molecule has 0 amide bonds. The molecule has 2 nitrogen and oxygen atoms in total. The predicted octanol–water partition coefficient (Wildman–Crippen LogP) is 4.97. The Morgan fingerprint density at radius 3 is 2.05 bits per heavy atom. The molecule has 2 rings (SSSR count). The summed E-state index contributed by atoms with van der Waals surface area (Å²) in [5.74, 6) is 0. The van der Waals surface area contributed by atoms with Crippen LogP contribution in [0, 0.1) is 0 Å². The Hall–Kier alpha value is -0.690. The molecule has 116 valence electrons. The topological polar surface area (TPSA) is 6.48 Å². The number of rotatable bonds is 7. The molecule has 1 aliphatic rings. The van der Waals surface area contributed by atoms with Crippen molar-refractivity contribution in [3.8, 4) is 0 Å². The summed E-state index contributed by atoms with van der Waals surface area (Å²) in [7, 11) is -0.365. The smallest absolute Gasteiger partial charge is 0.0727 e. The molecule has 1 aromatic rings. The third-order valence-electron chi connectivity index (χ3n) is 4.26. The number of aryl methyl sites for hydroxylation is 1. The third kappa shape index (κ3) is 3.56. The average molecular weight is 304 g/mol. The monoisotopic (exact) mass is 304 g/mol. The van der Waals surface area contributed by atoms with Crippen LogP contribution in [-0.2, 0) is 6.42 Å². The first-order valence-corrected chi connectivity index (χ1v) is 9.59. The first kappa shape index (κ1) is 16.7. The van der Waals surface area contributed by atoms with Crippen LogP contribution in [0.5, 0.6) is 0 Å². The molecule has 0 bridgehead atoms. The van der Waals surface area contributed by atoms with Crippen LogP contribution >= 0.6 is 8.22 Å². The maximum absolute atomic E-state index is 2.65. The standard InChI is InChI=1S/C18H29N2P/c1-5-19(6-2)21(20(7-3)8-4)18-15-11-13-16-12-9-10-14-17(16)18/h9-10,12,14-15H,5-8,11,13H2,1-4H3. The van der Waals surface area contributed by atoms with Gasteiger partial charge in [-0.15, -0.1) is 0 Å². The molecular weight excluding hydrogens is 275 g/mol. The number of hydrogen-bond acceptors (Lipinski definition) is 2. The molecule has 0 unspecified atom stereocenters. The van der Waals surface area contributed by atoms with E-state index < -0.39 is 0 Å². The molecule has 0 saturated heterocycles. The highest BCUT2D eigenvalue weighted by Crippen LogP contribution is 2.57. The lowest BCUT2D eigenvalue weighted by Crippen LogP contribution is -2.29. The van der Waals surface area contributed by atoms with Gasteiger partial charge in [0, 0.05) is 31.5 Å². The van der Waals surface area contributed by atoms with Gasteiger partial charge in [-0.3, -0.25) is 9.34 Å². The lowest BCUT2D eigenvalue weighted by Gasteiger charge is -2.40. The SMILES string of the molecule is CCN(CC)P(C1=CCCc2ccccc21)N(CC)CC. The third-order valence-corrected chi connectivity index (χ3v) is 7.31. The number of hydrogen-bond donors (Lipinski definition) is 0. The van der Waals surface area contributed by atoms with Crippen LogP contribution in [0.15, 0.2) is 30.3 Å². The van der Waals surface area contributed by atoms with Crippen LogP contribution in [0.4, 0.5) is 0 Å². The molecule has 0 radical (unpaired) electrons. The summed E-state index contributed by atoms with van der Waals surface area (Å²) in [6.07, 6.45) is 4.89. The lowest BCUT2D eigenvalue weighted by atomic mass is 9.97. The summed E-state index contributed by atoms with van der Waals surface area (Å²) < 4.78 is 5.30. The second-order valence-electron chi connectivity index (χ2n) is 5.35. The van der Waals surface area contributed by atoms with Gasteiger partial charge in [-0.2, -0.15) is 0 Å². The van der Waals surface area contributed by atoms with Crippen LogP contribution in [0.3, 0.4) is 0 Å². The molecule has 0 fully saturated rings. The van der Waals surface area contributed by atoms with E-state index in [0.717, 1.165) is 26.2 Å². The number of fused-ring (bicyclic) bond motifs is 1. The van der Waals surface area contributed by atoms with Crippen molar-refractivity contribution in [2.45, 2.75) is 40.5 Å². The minimum Gasteiger partial charge on any atom is -0.267 e. The number of benzene rings is 1. The molecule has 0 saturated carbocycles. The van der Waals surface area contributed by atoms with Crippen molar-refractivity contribution in [1.82, 2.24) is 9.34 Å². The molecule has 0 aromatic heterocycles. The normalized spacial score (nSPS) is 14.7. The van der Waals surface area contributed by atoms with Gasteiger partial charge in [-0.25, -0.2) is 0 Å². The zero-order valence-electron chi connectivity index (χ0n) is 14.0. The summed E-state index contributed by atoms with van der Waals surface area (Å²) in [4.78, 5) is 0. The van der Waals surface area contributed by atoms with Crippen molar-refractivity contribution in [1.29, 1.82) is 0 Å². The van der Waals surface area contributed by atoms with Gasteiger partial charge < -0.3 is 0 Å². The summed E-state index contributed by atoms with van der Waals surface area (Å²) in [5.41, 5.74) is 3.02. The summed E-state index contributed by atoms with van der Waals surface area (Å²) in [5, 5.41) is 1.58. The second kappa shape index (κ2) is 8.08. The quantitative estimate of drug-likeness (QED) is 0.656. The van der Waals surface area contributed by atoms with E-state index in [-0.39, 0.29) is 8.22 Å². The van der Waals surface area contributed by atoms with Crippen LogP contribution in [0.25, 0.3) is 5.31 Å². The van der Waals surface area contributed by atoms with E-state index in [9.17, 15) is 0 Å². The minimum absolute atomic E-state index is 0.365. The first-order chi connectivity index (χ1) is 10.3. The van der Waals surface area contributed by atoms with Gasteiger partial charge >= 0.3 is 0 Å². The van der Waals surface area contributed by atoms with Crippen molar-refractivity contribution in [2.24, 2.45) is 0 Å². The van der Waals surface area contributed by atoms with E-state index in [1.807, 2.05) is 0 Å². The molecule has 21 heavy (non-hydrogen) atoms. The fourth-order valence-corrected chi connectivity index (χ4v) is 5.88. The minimum atomic E-state index is -0.365. The first-order valence-electron chi connectivity index (χ1n) is 8.34. The van der Waals surface area contributed by atoms with Gasteiger partial charge in [0.15, 0.2) is 0 Å². The maximum Gasteiger partial charge on any atom is 0.0727 e. The molecule has 0 atom stereocenters. The Kier molecular flexibility index (Phi) is 6.41. The van der Waals surface area contributed by atoms with Gasteiger partial charge in [0.25, 0.3) is 0 Å². The van der Waals surface area contributed by atoms with Crippen molar-refractivity contribution in [3.63, 3.8) is 0 Å². The fourth-order valence-electron chi connectivity index (χ4n) is 3.12. The molecule has 0 spiro atoms. The van der Waals surface area contributed by atoms with Gasteiger partial charge in [-0.05, 0) is 24.0 Å². The molecule has 1 aliphatic carbocycles. The largest absolute Gasteiger partial charge is 0.267 e. The molecule has 0 aliphatic heterocycles. The van der Waals surface area contributed by atoms with E-state index in [1.165, 1.54) is 24.0 Å². The maximum atomic E-state index is 2.65. The highest BCUT2D eigenvalue weighted by atomic mass is 31.1. The van der Waals surface area contributed by atoms with Crippen molar-refractivity contribution in [3.05, 3.63) is 41.5 Å². The zero-order chi connectivity index (χ0) is 15.2. The molecule has 0 N–H and O–H groups in total. The van der Waals surface area contributed by atoms with E-state index in [0.29, 0.717) is 0 Å². The Labute approximate surface area is 131 Å². The van der Waals surface area contributed by atoms with Crippen LogP contribution in [0.2, 0.25) is 0 Å². The van der Waals surface area contributed by atoms with Crippen molar-refractivity contribution in [2.75, 3.05) is 26.2 Å². The molecule has 0 heterocycles. The number of allylic oxidation sites excluding steroid dienone is 1. The molecule has 3 heteroatoms. The Bertz CT molecular complexity index is 464. The highest BCUT2D eigenvalue weighted by molar-refractivity contribution is 7.63. The van der Waals surface area contributed by atoms with E-state index in [2.05, 4.69) is 67.4 Å². The van der Waals surface area contributed by atoms with Gasteiger partial charge in [-0.1, -0.05) is 58.0 Å². The predicted molar refractivity (Wildman–Crippen MR) is 95.5 cm³/mol.